The Kier molecular flexibility index (Phi) is 5.66. The molecule has 0 N–H and O–H groups in total. The summed E-state index contributed by atoms with van der Waals surface area (Å²) in [4.78, 5) is 40.5. The van der Waals surface area contributed by atoms with Crippen LogP contribution >= 0.6 is 0 Å². The van der Waals surface area contributed by atoms with Gasteiger partial charge in [-0.05, 0) is 42.0 Å². The van der Waals surface area contributed by atoms with Crippen molar-refractivity contribution in [3.63, 3.8) is 0 Å². The van der Waals surface area contributed by atoms with E-state index in [1.165, 1.54) is 42.5 Å². The third kappa shape index (κ3) is 6.02. The molecule has 0 aliphatic carbocycles. The summed E-state index contributed by atoms with van der Waals surface area (Å²) in [5.74, 6) is 0.139. The van der Waals surface area contributed by atoms with Crippen molar-refractivity contribution in [2.24, 2.45) is 0 Å². The zero-order chi connectivity index (χ0) is 18.2. The van der Waals surface area contributed by atoms with E-state index in [9.17, 15) is 25.0 Å². The van der Waals surface area contributed by atoms with Crippen LogP contribution in [0.5, 0.6) is 17.2 Å². The molecule has 0 atom stereocenters. The SMILES string of the molecule is O=C(Oc1ccc(O[N+](=O)[O-])cc1)Oc1cccc(CO[N+](=O)[O-])c1. The summed E-state index contributed by atoms with van der Waals surface area (Å²) < 4.78 is 9.82. The van der Waals surface area contributed by atoms with Gasteiger partial charge < -0.3 is 14.3 Å². The van der Waals surface area contributed by atoms with E-state index in [2.05, 4.69) is 9.68 Å². The number of benzene rings is 2. The molecule has 0 unspecified atom stereocenters. The van der Waals surface area contributed by atoms with Crippen molar-refractivity contribution in [3.8, 4) is 17.2 Å². The molecular weight excluding hydrogens is 340 g/mol. The van der Waals surface area contributed by atoms with E-state index in [1.807, 2.05) is 0 Å². The van der Waals surface area contributed by atoms with Gasteiger partial charge in [-0.2, -0.15) is 0 Å². The van der Waals surface area contributed by atoms with Crippen LogP contribution in [0.3, 0.4) is 0 Å². The van der Waals surface area contributed by atoms with Gasteiger partial charge in [0.05, 0.1) is 0 Å². The second kappa shape index (κ2) is 8.10. The minimum atomic E-state index is -1.06. The molecule has 130 valence electrons. The Morgan fingerprint density at radius 2 is 1.52 bits per heavy atom. The third-order valence-corrected chi connectivity index (χ3v) is 2.64. The highest BCUT2D eigenvalue weighted by molar-refractivity contribution is 5.67. The van der Waals surface area contributed by atoms with Crippen LogP contribution < -0.4 is 14.3 Å². The lowest BCUT2D eigenvalue weighted by Gasteiger charge is -2.07. The fourth-order valence-electron chi connectivity index (χ4n) is 1.69. The molecule has 2 aromatic carbocycles. The molecule has 0 aliphatic rings. The molecule has 0 saturated carbocycles. The van der Waals surface area contributed by atoms with Gasteiger partial charge in [0.25, 0.3) is 10.2 Å². The van der Waals surface area contributed by atoms with E-state index in [-0.39, 0.29) is 23.9 Å². The van der Waals surface area contributed by atoms with Crippen molar-refractivity contribution in [2.45, 2.75) is 6.61 Å². The molecule has 0 amide bonds. The number of carbonyl (C=O) groups is 1. The summed E-state index contributed by atoms with van der Waals surface area (Å²) in [6, 6.07) is 10.9. The minimum Gasteiger partial charge on any atom is -0.395 e. The normalized spacial score (nSPS) is 9.76. The first-order valence-electron chi connectivity index (χ1n) is 6.61. The zero-order valence-electron chi connectivity index (χ0n) is 12.4. The van der Waals surface area contributed by atoms with Gasteiger partial charge in [-0.3, -0.25) is 4.84 Å². The van der Waals surface area contributed by atoms with Gasteiger partial charge in [-0.25, -0.2) is 4.79 Å². The van der Waals surface area contributed by atoms with Gasteiger partial charge in [-0.1, -0.05) is 12.1 Å². The molecule has 25 heavy (non-hydrogen) atoms. The van der Waals surface area contributed by atoms with Crippen LogP contribution in [0, 0.1) is 20.2 Å². The van der Waals surface area contributed by atoms with E-state index in [0.29, 0.717) is 5.56 Å². The van der Waals surface area contributed by atoms with Crippen molar-refractivity contribution in [1.29, 1.82) is 0 Å². The van der Waals surface area contributed by atoms with Gasteiger partial charge in [0.15, 0.2) is 0 Å². The first kappa shape index (κ1) is 17.5. The van der Waals surface area contributed by atoms with E-state index >= 15 is 0 Å². The Morgan fingerprint density at radius 1 is 0.880 bits per heavy atom. The quantitative estimate of drug-likeness (QED) is 0.319. The minimum absolute atomic E-state index is 0.0378. The molecule has 0 spiro atoms. The van der Waals surface area contributed by atoms with Gasteiger partial charge in [0, 0.05) is 0 Å². The van der Waals surface area contributed by atoms with Gasteiger partial charge in [0.2, 0.25) is 0 Å². The highest BCUT2D eigenvalue weighted by Gasteiger charge is 2.09. The molecule has 0 aromatic heterocycles. The first-order chi connectivity index (χ1) is 11.9. The van der Waals surface area contributed by atoms with Crippen LogP contribution in [0.4, 0.5) is 4.79 Å². The Morgan fingerprint density at radius 3 is 2.16 bits per heavy atom. The average molecular weight is 350 g/mol. The van der Waals surface area contributed by atoms with Crippen LogP contribution in [-0.4, -0.2) is 16.3 Å². The molecule has 11 heteroatoms. The Hall–Kier alpha value is -3.89. The number of nitrogens with zero attached hydrogens (tertiary/aromatic N) is 2. The molecule has 11 nitrogen and oxygen atoms in total. The van der Waals surface area contributed by atoms with Crippen molar-refractivity contribution >= 4 is 6.16 Å². The largest absolute Gasteiger partial charge is 0.519 e. The maximum Gasteiger partial charge on any atom is 0.519 e. The molecule has 0 saturated heterocycles. The molecule has 2 aromatic rings. The monoisotopic (exact) mass is 350 g/mol. The highest BCUT2D eigenvalue weighted by atomic mass is 17.0. The number of ether oxygens (including phenoxy) is 2. The van der Waals surface area contributed by atoms with Crippen LogP contribution in [-0.2, 0) is 11.4 Å². The van der Waals surface area contributed by atoms with E-state index < -0.39 is 16.3 Å². The number of hydrogen-bond acceptors (Lipinski definition) is 9. The topological polar surface area (TPSA) is 140 Å². The van der Waals surface area contributed by atoms with E-state index in [1.54, 1.807) is 6.07 Å². The van der Waals surface area contributed by atoms with Gasteiger partial charge in [-0.15, -0.1) is 20.2 Å². The highest BCUT2D eigenvalue weighted by Crippen LogP contribution is 2.19. The maximum absolute atomic E-state index is 11.7. The summed E-state index contributed by atoms with van der Waals surface area (Å²) in [7, 11) is 0. The molecule has 0 fully saturated rings. The van der Waals surface area contributed by atoms with Crippen molar-refractivity contribution in [1.82, 2.24) is 0 Å². The second-order valence-electron chi connectivity index (χ2n) is 4.38. The second-order valence-corrected chi connectivity index (χ2v) is 4.38. The zero-order valence-corrected chi connectivity index (χ0v) is 12.4. The van der Waals surface area contributed by atoms with Crippen molar-refractivity contribution < 1.29 is 34.1 Å². The smallest absolute Gasteiger partial charge is 0.395 e. The Balaban J connectivity index is 1.92. The summed E-state index contributed by atoms with van der Waals surface area (Å²) in [5.41, 5.74) is 0.420. The van der Waals surface area contributed by atoms with E-state index in [0.717, 1.165) is 0 Å². The third-order valence-electron chi connectivity index (χ3n) is 2.64. The standard InChI is InChI=1S/C14H10N2O9/c17-14(23-11-4-6-12(7-5-11)25-16(20)21)24-13-3-1-2-10(8-13)9-22-15(18)19/h1-8H,9H2. The molecule has 2 rings (SSSR count). The van der Waals surface area contributed by atoms with Crippen LogP contribution in [0.1, 0.15) is 5.56 Å². The lowest BCUT2D eigenvalue weighted by atomic mass is 10.2. The van der Waals surface area contributed by atoms with Gasteiger partial charge >= 0.3 is 6.16 Å². The lowest BCUT2D eigenvalue weighted by molar-refractivity contribution is -0.763. The van der Waals surface area contributed by atoms with Crippen LogP contribution in [0.25, 0.3) is 0 Å². The molecular formula is C14H10N2O9. The summed E-state index contributed by atoms with van der Waals surface area (Å²) in [5, 5.41) is 18.4. The summed E-state index contributed by atoms with van der Waals surface area (Å²) in [6.45, 7) is -0.294. The number of hydrogen-bond donors (Lipinski definition) is 0. The first-order valence-corrected chi connectivity index (χ1v) is 6.61. The Bertz CT molecular complexity index is 776. The fraction of sp³-hybridized carbons (Fsp3) is 0.0714. The van der Waals surface area contributed by atoms with Crippen LogP contribution in [0.2, 0.25) is 0 Å². The van der Waals surface area contributed by atoms with Gasteiger partial charge in [0.1, 0.15) is 23.9 Å². The van der Waals surface area contributed by atoms with E-state index in [4.69, 9.17) is 9.47 Å². The number of carbonyl (C=O) groups excluding carboxylic acids is 1. The molecule has 0 radical (unpaired) electrons. The average Bonchev–Trinajstić information content (AvgIpc) is 2.54. The maximum atomic E-state index is 11.7. The predicted molar refractivity (Wildman–Crippen MR) is 78.9 cm³/mol. The Labute approximate surface area is 139 Å². The summed E-state index contributed by atoms with van der Waals surface area (Å²) >= 11 is 0. The molecule has 0 bridgehead atoms. The van der Waals surface area contributed by atoms with Crippen LogP contribution in [0.15, 0.2) is 48.5 Å². The van der Waals surface area contributed by atoms with Crippen molar-refractivity contribution in [2.75, 3.05) is 0 Å². The lowest BCUT2D eigenvalue weighted by Crippen LogP contribution is -2.14. The molecule has 0 heterocycles. The number of rotatable bonds is 7. The van der Waals surface area contributed by atoms with Crippen molar-refractivity contribution in [3.05, 3.63) is 74.3 Å². The predicted octanol–water partition coefficient (Wildman–Crippen LogP) is 2.54. The fourth-order valence-corrected chi connectivity index (χ4v) is 1.69. The molecule has 0 aliphatic heterocycles. The summed E-state index contributed by atoms with van der Waals surface area (Å²) in [6.07, 6.45) is -1.06.